The molecule has 1 atom stereocenters. The van der Waals surface area contributed by atoms with Crippen LogP contribution in [0.25, 0.3) is 0 Å². The highest BCUT2D eigenvalue weighted by molar-refractivity contribution is 9.11. The maximum atomic E-state index is 5.59. The van der Waals surface area contributed by atoms with Gasteiger partial charge in [-0.15, -0.1) is 11.3 Å². The van der Waals surface area contributed by atoms with Gasteiger partial charge in [0.2, 0.25) is 0 Å². The molecule has 1 unspecified atom stereocenters. The molecule has 1 aliphatic heterocycles. The van der Waals surface area contributed by atoms with E-state index in [0.29, 0.717) is 6.10 Å². The number of hydrogen-bond donors (Lipinski definition) is 2. The molecule has 1 saturated heterocycles. The van der Waals surface area contributed by atoms with Crippen molar-refractivity contribution in [2.24, 2.45) is 4.99 Å². The fourth-order valence-corrected chi connectivity index (χ4v) is 3.60. The van der Waals surface area contributed by atoms with E-state index in [1.165, 1.54) is 8.66 Å². The summed E-state index contributed by atoms with van der Waals surface area (Å²) in [6.45, 7) is 5.49. The fraction of sp³-hybridized carbons (Fsp3) is 0.643. The third kappa shape index (κ3) is 5.42. The SMILES string of the molecule is CCNC(=NCC1CCCO1)NCCc1ccc(Br)s1. The largest absolute Gasteiger partial charge is 0.376 e. The van der Waals surface area contributed by atoms with Crippen LogP contribution >= 0.6 is 27.3 Å². The maximum Gasteiger partial charge on any atom is 0.191 e. The van der Waals surface area contributed by atoms with Crippen molar-refractivity contribution in [2.75, 3.05) is 26.2 Å². The predicted octanol–water partition coefficient (Wildman–Crippen LogP) is 2.79. The van der Waals surface area contributed by atoms with Crippen molar-refractivity contribution in [3.8, 4) is 0 Å². The fourth-order valence-electron chi connectivity index (χ4n) is 2.11. The molecule has 112 valence electrons. The lowest BCUT2D eigenvalue weighted by molar-refractivity contribution is 0.117. The third-order valence-electron chi connectivity index (χ3n) is 3.11. The Morgan fingerprint density at radius 2 is 2.40 bits per heavy atom. The Balaban J connectivity index is 1.74. The Hall–Kier alpha value is -0.590. The lowest BCUT2D eigenvalue weighted by Crippen LogP contribution is -2.38. The van der Waals surface area contributed by atoms with Crippen molar-refractivity contribution in [1.82, 2.24) is 10.6 Å². The van der Waals surface area contributed by atoms with Gasteiger partial charge in [-0.2, -0.15) is 0 Å². The van der Waals surface area contributed by atoms with Crippen LogP contribution in [0.5, 0.6) is 0 Å². The van der Waals surface area contributed by atoms with Crippen molar-refractivity contribution in [3.05, 3.63) is 20.8 Å². The van der Waals surface area contributed by atoms with Gasteiger partial charge in [0, 0.05) is 24.6 Å². The van der Waals surface area contributed by atoms with Gasteiger partial charge in [0.25, 0.3) is 0 Å². The van der Waals surface area contributed by atoms with Crippen LogP contribution in [0.1, 0.15) is 24.6 Å². The minimum atomic E-state index is 0.304. The smallest absolute Gasteiger partial charge is 0.191 e. The van der Waals surface area contributed by atoms with Gasteiger partial charge in [0.15, 0.2) is 5.96 Å². The van der Waals surface area contributed by atoms with Crippen molar-refractivity contribution in [2.45, 2.75) is 32.3 Å². The molecule has 2 heterocycles. The minimum absolute atomic E-state index is 0.304. The molecular weight excluding hydrogens is 338 g/mol. The Kier molecular flexibility index (Phi) is 6.82. The van der Waals surface area contributed by atoms with Gasteiger partial charge in [-0.1, -0.05) is 0 Å². The summed E-state index contributed by atoms with van der Waals surface area (Å²) in [5.41, 5.74) is 0. The average molecular weight is 360 g/mol. The molecule has 0 aliphatic carbocycles. The van der Waals surface area contributed by atoms with E-state index < -0.39 is 0 Å². The lowest BCUT2D eigenvalue weighted by atomic mass is 10.2. The molecule has 1 aromatic rings. The van der Waals surface area contributed by atoms with Gasteiger partial charge in [-0.25, -0.2) is 0 Å². The molecule has 0 radical (unpaired) electrons. The van der Waals surface area contributed by atoms with E-state index in [2.05, 4.69) is 50.6 Å². The second-order valence-electron chi connectivity index (χ2n) is 4.74. The third-order valence-corrected chi connectivity index (χ3v) is 4.80. The number of rotatable bonds is 6. The van der Waals surface area contributed by atoms with Gasteiger partial charge in [0.1, 0.15) is 0 Å². The molecule has 0 saturated carbocycles. The van der Waals surface area contributed by atoms with Gasteiger partial charge in [-0.3, -0.25) is 4.99 Å². The molecule has 1 aromatic heterocycles. The zero-order valence-electron chi connectivity index (χ0n) is 11.8. The van der Waals surface area contributed by atoms with Crippen LogP contribution in [-0.4, -0.2) is 38.3 Å². The Labute approximate surface area is 133 Å². The molecule has 0 bridgehead atoms. The first-order valence-corrected chi connectivity index (χ1v) is 8.77. The number of aliphatic imine (C=N–C) groups is 1. The van der Waals surface area contributed by atoms with Crippen molar-refractivity contribution in [1.29, 1.82) is 0 Å². The number of halogens is 1. The van der Waals surface area contributed by atoms with Crippen LogP contribution in [0.3, 0.4) is 0 Å². The highest BCUT2D eigenvalue weighted by Crippen LogP contribution is 2.22. The molecule has 1 aliphatic rings. The monoisotopic (exact) mass is 359 g/mol. The summed E-state index contributed by atoms with van der Waals surface area (Å²) in [5, 5.41) is 6.65. The van der Waals surface area contributed by atoms with E-state index in [0.717, 1.165) is 51.5 Å². The highest BCUT2D eigenvalue weighted by Gasteiger charge is 2.14. The summed E-state index contributed by atoms with van der Waals surface area (Å²) in [5.74, 6) is 0.888. The van der Waals surface area contributed by atoms with Crippen molar-refractivity contribution in [3.63, 3.8) is 0 Å². The van der Waals surface area contributed by atoms with Crippen LogP contribution in [0.2, 0.25) is 0 Å². The average Bonchev–Trinajstić information content (AvgIpc) is 3.08. The second kappa shape index (κ2) is 8.64. The van der Waals surface area contributed by atoms with Crippen LogP contribution in [0, 0.1) is 0 Å². The standard InChI is InChI=1S/C14H22BrN3OS/c1-2-16-14(18-10-11-4-3-9-19-11)17-8-7-12-5-6-13(15)20-12/h5-6,11H,2-4,7-10H2,1H3,(H2,16,17,18). The topological polar surface area (TPSA) is 45.7 Å². The van der Waals surface area contributed by atoms with E-state index in [9.17, 15) is 0 Å². The molecular formula is C14H22BrN3OS. The Morgan fingerprint density at radius 1 is 1.50 bits per heavy atom. The number of ether oxygens (including phenoxy) is 1. The summed E-state index contributed by atoms with van der Waals surface area (Å²) >= 11 is 5.27. The van der Waals surface area contributed by atoms with Gasteiger partial charge >= 0.3 is 0 Å². The maximum absolute atomic E-state index is 5.59. The zero-order valence-corrected chi connectivity index (χ0v) is 14.2. The molecule has 2 rings (SSSR count). The summed E-state index contributed by atoms with van der Waals surface area (Å²) in [7, 11) is 0. The van der Waals surface area contributed by atoms with Crippen LogP contribution in [-0.2, 0) is 11.2 Å². The summed E-state index contributed by atoms with van der Waals surface area (Å²) < 4.78 is 6.78. The van der Waals surface area contributed by atoms with Crippen LogP contribution < -0.4 is 10.6 Å². The Bertz CT molecular complexity index is 430. The first kappa shape index (κ1) is 15.8. The molecule has 4 nitrogen and oxygen atoms in total. The van der Waals surface area contributed by atoms with E-state index in [1.54, 1.807) is 11.3 Å². The number of guanidine groups is 1. The van der Waals surface area contributed by atoms with E-state index in [4.69, 9.17) is 4.74 Å². The summed E-state index contributed by atoms with van der Waals surface area (Å²) in [4.78, 5) is 5.97. The molecule has 6 heteroatoms. The normalized spacial score (nSPS) is 19.3. The molecule has 0 amide bonds. The zero-order chi connectivity index (χ0) is 14.2. The first-order chi connectivity index (χ1) is 9.78. The van der Waals surface area contributed by atoms with Crippen molar-refractivity contribution >= 4 is 33.2 Å². The minimum Gasteiger partial charge on any atom is -0.376 e. The van der Waals surface area contributed by atoms with Crippen LogP contribution in [0.15, 0.2) is 20.9 Å². The quantitative estimate of drug-likeness (QED) is 0.606. The van der Waals surface area contributed by atoms with E-state index in [-0.39, 0.29) is 0 Å². The number of nitrogens with zero attached hydrogens (tertiary/aromatic N) is 1. The predicted molar refractivity (Wildman–Crippen MR) is 88.7 cm³/mol. The van der Waals surface area contributed by atoms with Gasteiger partial charge in [-0.05, 0) is 54.2 Å². The Morgan fingerprint density at radius 3 is 3.05 bits per heavy atom. The lowest BCUT2D eigenvalue weighted by Gasteiger charge is -2.12. The summed E-state index contributed by atoms with van der Waals surface area (Å²) in [6.07, 6.45) is 3.61. The molecule has 20 heavy (non-hydrogen) atoms. The van der Waals surface area contributed by atoms with E-state index in [1.807, 2.05) is 0 Å². The summed E-state index contributed by atoms with van der Waals surface area (Å²) in [6, 6.07) is 4.25. The van der Waals surface area contributed by atoms with E-state index >= 15 is 0 Å². The number of hydrogen-bond acceptors (Lipinski definition) is 3. The number of nitrogens with one attached hydrogen (secondary N) is 2. The molecule has 0 spiro atoms. The highest BCUT2D eigenvalue weighted by atomic mass is 79.9. The van der Waals surface area contributed by atoms with Gasteiger partial charge in [0.05, 0.1) is 16.4 Å². The second-order valence-corrected chi connectivity index (χ2v) is 7.28. The van der Waals surface area contributed by atoms with Crippen LogP contribution in [0.4, 0.5) is 0 Å². The van der Waals surface area contributed by atoms with Gasteiger partial charge < -0.3 is 15.4 Å². The molecule has 2 N–H and O–H groups in total. The number of thiophene rings is 1. The first-order valence-electron chi connectivity index (χ1n) is 7.16. The van der Waals surface area contributed by atoms with Crippen molar-refractivity contribution < 1.29 is 4.74 Å². The molecule has 1 fully saturated rings. The molecule has 0 aromatic carbocycles.